The number of aliphatic carboxylic acids is 4. The molecule has 4 N–H and O–H groups in total. The zero-order valence-electron chi connectivity index (χ0n) is 28.2. The van der Waals surface area contributed by atoms with Gasteiger partial charge in [0.2, 0.25) is 0 Å². The average molecular weight is 742 g/mol. The molecule has 0 aliphatic heterocycles. The van der Waals surface area contributed by atoms with Gasteiger partial charge in [-0.1, -0.05) is 38.5 Å². The number of carboxylic acid groups (broad SMARTS) is 4. The maximum Gasteiger partial charge on any atom is 0.332 e. The molecule has 0 amide bonds. The Balaban J connectivity index is 0.000000649. The average Bonchev–Trinajstić information content (AvgIpc) is 3.02. The standard InChI is InChI=1S/2C10H14O4.2C8H17.Sn/c2*11-9(12)6-8(10(13)14)7-4-2-1-3-5-7;2*1-3-5-7-8-6-4-2;/h2*6-7H,1-5H2,(H,11,12)(H,13,14);2*1,3-8H2,2H3;/b2*8-6-;;;. The zero-order chi connectivity index (χ0) is 33.7. The van der Waals surface area contributed by atoms with E-state index in [2.05, 4.69) is 13.8 Å². The van der Waals surface area contributed by atoms with E-state index >= 15 is 0 Å². The van der Waals surface area contributed by atoms with E-state index in [0.717, 1.165) is 76.4 Å². The number of hydrogen-bond acceptors (Lipinski definition) is 4. The maximum atomic E-state index is 10.8. The predicted octanol–water partition coefficient (Wildman–Crippen LogP) is 9.57. The molecule has 9 heteroatoms. The molecule has 45 heavy (non-hydrogen) atoms. The van der Waals surface area contributed by atoms with Gasteiger partial charge >= 0.3 is 145 Å². The van der Waals surface area contributed by atoms with Gasteiger partial charge in [0.25, 0.3) is 0 Å². The maximum absolute atomic E-state index is 10.8. The van der Waals surface area contributed by atoms with E-state index in [4.69, 9.17) is 20.4 Å². The Morgan fingerprint density at radius 1 is 0.511 bits per heavy atom. The van der Waals surface area contributed by atoms with Crippen LogP contribution >= 0.6 is 0 Å². The van der Waals surface area contributed by atoms with Crippen molar-refractivity contribution in [2.24, 2.45) is 11.8 Å². The molecule has 0 bridgehead atoms. The van der Waals surface area contributed by atoms with Gasteiger partial charge in [0, 0.05) is 23.3 Å². The second-order valence-electron chi connectivity index (χ2n) is 12.4. The Hall–Kier alpha value is -1.84. The topological polar surface area (TPSA) is 149 Å². The summed E-state index contributed by atoms with van der Waals surface area (Å²) in [5, 5.41) is 34.7. The molecular formula is C36H62O8Sn. The van der Waals surface area contributed by atoms with Crippen LogP contribution < -0.4 is 0 Å². The number of carboxylic acids is 4. The third kappa shape index (κ3) is 25.0. The van der Waals surface area contributed by atoms with Crippen LogP contribution in [0.25, 0.3) is 0 Å². The number of unbranched alkanes of at least 4 members (excludes halogenated alkanes) is 10. The molecule has 2 rings (SSSR count). The van der Waals surface area contributed by atoms with Crippen LogP contribution in [0.15, 0.2) is 23.3 Å². The van der Waals surface area contributed by atoms with Crippen molar-refractivity contribution in [1.82, 2.24) is 0 Å². The van der Waals surface area contributed by atoms with Crippen LogP contribution in [0.4, 0.5) is 0 Å². The fourth-order valence-corrected chi connectivity index (χ4v) is 9.55. The van der Waals surface area contributed by atoms with Crippen molar-refractivity contribution in [2.45, 2.75) is 164 Å². The summed E-state index contributed by atoms with van der Waals surface area (Å²) < 4.78 is 3.31. The Morgan fingerprint density at radius 2 is 0.822 bits per heavy atom. The minimum absolute atomic E-state index is 0.0530. The molecule has 0 spiro atoms. The van der Waals surface area contributed by atoms with E-state index in [0.29, 0.717) is 0 Å². The van der Waals surface area contributed by atoms with Gasteiger partial charge < -0.3 is 20.4 Å². The van der Waals surface area contributed by atoms with Crippen LogP contribution in [-0.4, -0.2) is 65.4 Å². The van der Waals surface area contributed by atoms with E-state index in [1.165, 1.54) is 64.2 Å². The summed E-state index contributed by atoms with van der Waals surface area (Å²) in [4.78, 5) is 42.4. The van der Waals surface area contributed by atoms with Gasteiger partial charge in [0.05, 0.1) is 0 Å². The quantitative estimate of drug-likeness (QED) is 0.0548. The Morgan fingerprint density at radius 3 is 1.11 bits per heavy atom. The van der Waals surface area contributed by atoms with E-state index < -0.39 is 23.9 Å². The molecule has 0 heterocycles. The molecule has 2 saturated carbocycles. The monoisotopic (exact) mass is 742 g/mol. The molecule has 2 aliphatic carbocycles. The molecule has 258 valence electrons. The fourth-order valence-electron chi connectivity index (χ4n) is 5.99. The smallest absolute Gasteiger partial charge is 0.332 e. The van der Waals surface area contributed by atoms with Gasteiger partial charge in [0.15, 0.2) is 0 Å². The minimum Gasteiger partial charge on any atom is -0.478 e. The zero-order valence-corrected chi connectivity index (χ0v) is 31.1. The molecule has 0 aromatic heterocycles. The van der Waals surface area contributed by atoms with Crippen LogP contribution in [0.2, 0.25) is 8.87 Å². The van der Waals surface area contributed by atoms with Crippen molar-refractivity contribution >= 4 is 45.0 Å². The summed E-state index contributed by atoms with van der Waals surface area (Å²) in [5.74, 6) is -4.69. The fraction of sp³-hybridized carbons (Fsp3) is 0.778. The van der Waals surface area contributed by atoms with E-state index in [9.17, 15) is 19.2 Å². The van der Waals surface area contributed by atoms with Crippen LogP contribution in [0.1, 0.15) is 155 Å². The molecule has 0 unspecified atom stereocenters. The number of rotatable bonds is 20. The summed E-state index contributed by atoms with van der Waals surface area (Å²) in [5.41, 5.74) is 0.106. The van der Waals surface area contributed by atoms with Crippen LogP contribution in [-0.2, 0) is 19.2 Å². The van der Waals surface area contributed by atoms with E-state index in [1.807, 2.05) is 0 Å². The van der Waals surface area contributed by atoms with E-state index in [1.54, 1.807) is 21.7 Å². The molecule has 2 radical (unpaired) electrons. The first-order valence-corrected chi connectivity index (χ1v) is 21.7. The Labute approximate surface area is 282 Å². The SMILES string of the molecule is CCCCCCC[CH2][Sn][CH2]CCCCCCC.O=C(O)/C=C(\C(=O)O)C1CCCCC1.O=C(O)/C=C(\C(=O)O)C1CCCCC1. The largest absolute Gasteiger partial charge is 0.478 e. The van der Waals surface area contributed by atoms with Crippen LogP contribution in [0.3, 0.4) is 0 Å². The summed E-state index contributed by atoms with van der Waals surface area (Å²) in [7, 11) is 0. The first-order chi connectivity index (χ1) is 21.6. The van der Waals surface area contributed by atoms with Crippen molar-refractivity contribution in [3.05, 3.63) is 23.3 Å². The molecular weight excluding hydrogens is 679 g/mol. The molecule has 2 fully saturated rings. The first-order valence-electron chi connectivity index (χ1n) is 17.7. The third-order valence-electron chi connectivity index (χ3n) is 8.56. The van der Waals surface area contributed by atoms with Crippen molar-refractivity contribution in [3.8, 4) is 0 Å². The van der Waals surface area contributed by atoms with Crippen molar-refractivity contribution in [1.29, 1.82) is 0 Å². The summed E-state index contributed by atoms with van der Waals surface area (Å²) in [6.45, 7) is 4.60. The molecule has 0 aromatic carbocycles. The first kappa shape index (κ1) is 43.2. The molecule has 0 atom stereocenters. The van der Waals surface area contributed by atoms with Gasteiger partial charge in [-0.05, 0) is 37.5 Å². The Bertz CT molecular complexity index is 800. The minimum atomic E-state index is -1.17. The normalized spacial score (nSPS) is 16.1. The third-order valence-corrected chi connectivity index (χ3v) is 12.6. The van der Waals surface area contributed by atoms with Gasteiger partial charge in [-0.2, -0.15) is 0 Å². The van der Waals surface area contributed by atoms with Crippen molar-refractivity contribution in [2.75, 3.05) is 0 Å². The molecule has 0 aromatic rings. The molecule has 0 saturated heterocycles. The summed E-state index contributed by atoms with van der Waals surface area (Å²) in [6, 6.07) is 0. The van der Waals surface area contributed by atoms with E-state index in [-0.39, 0.29) is 44.1 Å². The number of hydrogen-bond donors (Lipinski definition) is 4. The van der Waals surface area contributed by atoms with Crippen LogP contribution in [0.5, 0.6) is 0 Å². The van der Waals surface area contributed by atoms with Crippen molar-refractivity contribution in [3.63, 3.8) is 0 Å². The van der Waals surface area contributed by atoms with Crippen molar-refractivity contribution < 1.29 is 39.6 Å². The number of carbonyl (C=O) groups is 4. The molecule has 8 nitrogen and oxygen atoms in total. The van der Waals surface area contributed by atoms with Crippen LogP contribution in [0, 0.1) is 11.8 Å². The van der Waals surface area contributed by atoms with Gasteiger partial charge in [-0.3, -0.25) is 0 Å². The molecule has 2 aliphatic rings. The van der Waals surface area contributed by atoms with Gasteiger partial charge in [-0.15, -0.1) is 0 Å². The second-order valence-corrected chi connectivity index (χ2v) is 16.7. The Kier molecular flexibility index (Phi) is 28.3. The van der Waals surface area contributed by atoms with Gasteiger partial charge in [0.1, 0.15) is 0 Å². The predicted molar refractivity (Wildman–Crippen MR) is 182 cm³/mol. The summed E-state index contributed by atoms with van der Waals surface area (Å²) >= 11 is 0.0736. The second kappa shape index (κ2) is 29.6. The summed E-state index contributed by atoms with van der Waals surface area (Å²) in [6.07, 6.45) is 28.9. The van der Waals surface area contributed by atoms with Gasteiger partial charge in [-0.25, -0.2) is 19.2 Å².